The van der Waals surface area contributed by atoms with Gasteiger partial charge in [0.2, 0.25) is 4.87 Å². The molecule has 0 rings (SSSR count). The summed E-state index contributed by atoms with van der Waals surface area (Å²) in [4.78, 5) is -0.744. The van der Waals surface area contributed by atoms with Gasteiger partial charge >= 0.3 is 23.1 Å². The summed E-state index contributed by atoms with van der Waals surface area (Å²) in [5, 5.41) is 0. The van der Waals surface area contributed by atoms with Crippen molar-refractivity contribution in [2.75, 3.05) is 13.2 Å². The number of alkyl halides is 1. The number of ether oxygens (including phenoxy) is 2. The summed E-state index contributed by atoms with van der Waals surface area (Å²) < 4.78 is 10.9. The zero-order chi connectivity index (χ0) is 9.45. The highest BCUT2D eigenvalue weighted by Gasteiger charge is 2.25. The van der Waals surface area contributed by atoms with Crippen LogP contribution in [0.15, 0.2) is 0 Å². The summed E-state index contributed by atoms with van der Waals surface area (Å²) in [6.45, 7) is 7.60. The maximum Gasteiger partial charge on any atom is 0.316 e. The third kappa shape index (κ3) is 8.21. The van der Waals surface area contributed by atoms with Crippen LogP contribution in [0.1, 0.15) is 26.7 Å². The van der Waals surface area contributed by atoms with Gasteiger partial charge in [-0.15, -0.1) is 0 Å². The Bertz CT molecular complexity index is 108. The Kier molecular flexibility index (Phi) is 12.4. The highest BCUT2D eigenvalue weighted by molar-refractivity contribution is 6.53. The average Bonchev–Trinajstić information content (AvgIpc) is 2.11. The Balaban J connectivity index is 0. The largest absolute Gasteiger partial charge is 0.341 e. The number of halogens is 1. The Morgan fingerprint density at radius 3 is 1.77 bits per heavy atom. The van der Waals surface area contributed by atoms with Crippen molar-refractivity contribution in [2.24, 2.45) is 0 Å². The molecular formula is C8H21ClMgO2Si. The van der Waals surface area contributed by atoms with Crippen molar-refractivity contribution in [3.8, 4) is 0 Å². The fourth-order valence-electron chi connectivity index (χ4n) is 0.755. The molecule has 0 aromatic heterocycles. The minimum atomic E-state index is -0.744. The summed E-state index contributed by atoms with van der Waals surface area (Å²) in [5.41, 5.74) is 0. The molecule has 13 heavy (non-hydrogen) atoms. The van der Waals surface area contributed by atoms with E-state index >= 15 is 0 Å². The minimum absolute atomic E-state index is 0. The number of hydrogen-bond donors (Lipinski definition) is 0. The fraction of sp³-hybridized carbons (Fsp3) is 1.00. The van der Waals surface area contributed by atoms with Gasteiger partial charge in [0, 0.05) is 0 Å². The summed E-state index contributed by atoms with van der Waals surface area (Å²) in [6.07, 6.45) is 1.97. The molecule has 0 saturated heterocycles. The van der Waals surface area contributed by atoms with Crippen LogP contribution in [0.25, 0.3) is 0 Å². The van der Waals surface area contributed by atoms with Crippen LogP contribution in [0, 0.1) is 0 Å². The first-order valence-corrected chi connectivity index (χ1v) is 7.15. The molecule has 0 aliphatic rings. The predicted octanol–water partition coefficient (Wildman–Crippen LogP) is 0.990. The first-order valence-electron chi connectivity index (χ1n) is 4.65. The van der Waals surface area contributed by atoms with Crippen LogP contribution in [-0.2, 0) is 9.47 Å². The van der Waals surface area contributed by atoms with Crippen LogP contribution in [0.5, 0.6) is 0 Å². The molecule has 0 aliphatic carbocycles. The van der Waals surface area contributed by atoms with E-state index in [0.29, 0.717) is 13.2 Å². The van der Waals surface area contributed by atoms with Gasteiger partial charge in [-0.2, -0.15) is 0 Å². The maximum atomic E-state index is 6.10. The molecule has 0 aromatic carbocycles. The van der Waals surface area contributed by atoms with E-state index in [1.54, 1.807) is 0 Å². The molecule has 2 nitrogen and oxygen atoms in total. The van der Waals surface area contributed by atoms with Gasteiger partial charge in [0.1, 0.15) is 9.52 Å². The van der Waals surface area contributed by atoms with E-state index in [-0.39, 0.29) is 23.1 Å². The average molecular weight is 237 g/mol. The Morgan fingerprint density at radius 2 is 1.54 bits per heavy atom. The van der Waals surface area contributed by atoms with Crippen molar-refractivity contribution in [1.29, 1.82) is 0 Å². The third-order valence-corrected chi connectivity index (χ3v) is 3.74. The second kappa shape index (κ2) is 9.74. The summed E-state index contributed by atoms with van der Waals surface area (Å²) in [7, 11) is -0.488. The zero-order valence-electron chi connectivity index (χ0n) is 8.23. The first kappa shape index (κ1) is 16.6. The zero-order valence-corrected chi connectivity index (χ0v) is 10.4. The molecule has 78 valence electrons. The van der Waals surface area contributed by atoms with Crippen molar-refractivity contribution >= 4 is 44.2 Å². The van der Waals surface area contributed by atoms with E-state index in [4.69, 9.17) is 21.1 Å². The molecule has 0 saturated carbocycles. The predicted molar refractivity (Wildman–Crippen MR) is 64.0 cm³/mol. The standard InChI is InChI=1S/C8H19ClO2Si.Mg.2H/c1-4-6-10-8(9,12-3)11-7-5-2;;;/h4-7,12H2,1-3H3;;;. The van der Waals surface area contributed by atoms with Crippen LogP contribution in [0.4, 0.5) is 0 Å². The second-order valence-corrected chi connectivity index (χ2v) is 5.37. The monoisotopic (exact) mass is 236 g/mol. The van der Waals surface area contributed by atoms with Gasteiger partial charge in [0.15, 0.2) is 0 Å². The van der Waals surface area contributed by atoms with Crippen LogP contribution in [0.3, 0.4) is 0 Å². The lowest BCUT2D eigenvalue weighted by atomic mass is 10.5. The fourth-order valence-corrected chi connectivity index (χ4v) is 1.61. The van der Waals surface area contributed by atoms with Gasteiger partial charge in [0.05, 0.1) is 13.2 Å². The van der Waals surface area contributed by atoms with E-state index in [0.717, 1.165) is 12.8 Å². The molecule has 0 radical (unpaired) electrons. The lowest BCUT2D eigenvalue weighted by molar-refractivity contribution is -0.123. The molecule has 0 aliphatic heterocycles. The van der Waals surface area contributed by atoms with Gasteiger partial charge in [-0.1, -0.05) is 32.0 Å². The summed E-state index contributed by atoms with van der Waals surface area (Å²) in [5.74, 6) is 0. The first-order chi connectivity index (χ1) is 5.68. The molecule has 5 heteroatoms. The van der Waals surface area contributed by atoms with Crippen molar-refractivity contribution < 1.29 is 9.47 Å². The van der Waals surface area contributed by atoms with Crippen molar-refractivity contribution in [1.82, 2.24) is 0 Å². The van der Waals surface area contributed by atoms with Gasteiger partial charge in [-0.25, -0.2) is 0 Å². The van der Waals surface area contributed by atoms with E-state index in [9.17, 15) is 0 Å². The van der Waals surface area contributed by atoms with Gasteiger partial charge in [-0.3, -0.25) is 0 Å². The summed E-state index contributed by atoms with van der Waals surface area (Å²) >= 11 is 6.10. The van der Waals surface area contributed by atoms with Crippen LogP contribution < -0.4 is 0 Å². The minimum Gasteiger partial charge on any atom is -0.341 e. The van der Waals surface area contributed by atoms with E-state index in [2.05, 4.69) is 20.4 Å². The van der Waals surface area contributed by atoms with Crippen molar-refractivity contribution in [3.63, 3.8) is 0 Å². The van der Waals surface area contributed by atoms with Crippen LogP contribution in [-0.4, -0.2) is 50.7 Å². The Morgan fingerprint density at radius 1 is 1.15 bits per heavy atom. The lowest BCUT2D eigenvalue weighted by Crippen LogP contribution is -2.35. The molecule has 0 heterocycles. The Hall–Kier alpha value is 1.19. The number of hydrogen-bond acceptors (Lipinski definition) is 2. The topological polar surface area (TPSA) is 18.5 Å². The highest BCUT2D eigenvalue weighted by Crippen LogP contribution is 2.17. The summed E-state index contributed by atoms with van der Waals surface area (Å²) in [6, 6.07) is 0. The molecule has 0 unspecified atom stereocenters. The molecule has 0 spiro atoms. The Labute approximate surface area is 105 Å². The van der Waals surface area contributed by atoms with Gasteiger partial charge in [-0.05, 0) is 12.8 Å². The molecule has 0 atom stereocenters. The SMILES string of the molecule is CCCOC(Cl)(OCCC)[SiH2]C.[MgH2]. The van der Waals surface area contributed by atoms with E-state index < -0.39 is 14.4 Å². The highest BCUT2D eigenvalue weighted by atomic mass is 35.5. The molecule has 0 amide bonds. The van der Waals surface area contributed by atoms with Crippen molar-refractivity contribution in [3.05, 3.63) is 0 Å². The molecule has 0 fully saturated rings. The molecule has 0 N–H and O–H groups in total. The molecule has 0 aromatic rings. The van der Waals surface area contributed by atoms with Gasteiger partial charge in [0.25, 0.3) is 0 Å². The van der Waals surface area contributed by atoms with E-state index in [1.165, 1.54) is 0 Å². The maximum absolute atomic E-state index is 6.10. The number of rotatable bonds is 7. The van der Waals surface area contributed by atoms with Crippen LogP contribution in [0.2, 0.25) is 6.55 Å². The second-order valence-electron chi connectivity index (χ2n) is 2.71. The lowest BCUT2D eigenvalue weighted by Gasteiger charge is -2.25. The van der Waals surface area contributed by atoms with E-state index in [1.807, 2.05) is 0 Å². The van der Waals surface area contributed by atoms with Crippen molar-refractivity contribution in [2.45, 2.75) is 38.1 Å². The smallest absolute Gasteiger partial charge is 0.316 e. The third-order valence-electron chi connectivity index (χ3n) is 1.47. The quantitative estimate of drug-likeness (QED) is 0.373. The van der Waals surface area contributed by atoms with Crippen LogP contribution >= 0.6 is 11.6 Å². The molecule has 0 bridgehead atoms. The normalized spacial score (nSPS) is 12.0. The van der Waals surface area contributed by atoms with Gasteiger partial charge < -0.3 is 9.47 Å². The molecular weight excluding hydrogens is 216 g/mol.